The van der Waals surface area contributed by atoms with E-state index < -0.39 is 0 Å². The lowest BCUT2D eigenvalue weighted by Crippen LogP contribution is -2.14. The van der Waals surface area contributed by atoms with Gasteiger partial charge in [-0.2, -0.15) is 14.9 Å². The van der Waals surface area contributed by atoms with Crippen molar-refractivity contribution in [2.24, 2.45) is 10.2 Å². The van der Waals surface area contributed by atoms with Crippen molar-refractivity contribution in [3.8, 4) is 11.5 Å². The number of phenols is 2. The van der Waals surface area contributed by atoms with Crippen LogP contribution in [0.1, 0.15) is 11.1 Å². The molecule has 1 aromatic heterocycles. The number of thioether (sulfide) groups is 1. The normalized spacial score (nSPS) is 13.5. The smallest absolute Gasteiger partial charge is 0.266 e. The summed E-state index contributed by atoms with van der Waals surface area (Å²) < 4.78 is 1.60. The van der Waals surface area contributed by atoms with Gasteiger partial charge in [0.15, 0.2) is 0 Å². The van der Waals surface area contributed by atoms with Crippen LogP contribution in [0, 0.1) is 0 Å². The zero-order valence-electron chi connectivity index (χ0n) is 13.4. The maximum atomic E-state index is 9.76. The molecule has 26 heavy (non-hydrogen) atoms. The fourth-order valence-corrected chi connectivity index (χ4v) is 3.21. The molecular formula is C17H14N6O2S. The fraction of sp³-hybridized carbons (Fsp3) is 0.0588. The van der Waals surface area contributed by atoms with Crippen LogP contribution >= 0.6 is 11.8 Å². The Balaban J connectivity index is 1.56. The molecular weight excluding hydrogens is 352 g/mol. The molecule has 0 fully saturated rings. The van der Waals surface area contributed by atoms with Crippen molar-refractivity contribution in [3.63, 3.8) is 0 Å². The van der Waals surface area contributed by atoms with E-state index in [1.54, 1.807) is 22.5 Å². The number of phenolic OH excluding ortho intramolecular Hbond substituents is 2. The Morgan fingerprint density at radius 2 is 1.96 bits per heavy atom. The van der Waals surface area contributed by atoms with E-state index in [0.29, 0.717) is 22.4 Å². The van der Waals surface area contributed by atoms with E-state index in [1.165, 1.54) is 18.3 Å². The van der Waals surface area contributed by atoms with E-state index in [9.17, 15) is 10.2 Å². The first kappa shape index (κ1) is 16.2. The molecule has 3 aromatic rings. The summed E-state index contributed by atoms with van der Waals surface area (Å²) in [6.07, 6.45) is 1.42. The van der Waals surface area contributed by atoms with Crippen LogP contribution in [-0.2, 0) is 0 Å². The summed E-state index contributed by atoms with van der Waals surface area (Å²) in [5, 5.41) is 36.5. The predicted molar refractivity (Wildman–Crippen MR) is 100 cm³/mol. The molecule has 0 radical (unpaired) electrons. The lowest BCUT2D eigenvalue weighted by atomic mass is 10.1. The zero-order chi connectivity index (χ0) is 17.9. The van der Waals surface area contributed by atoms with Crippen molar-refractivity contribution >= 4 is 29.6 Å². The van der Waals surface area contributed by atoms with Gasteiger partial charge in [-0.1, -0.05) is 42.1 Å². The number of aromatic hydroxyl groups is 2. The molecule has 0 atom stereocenters. The Morgan fingerprint density at radius 3 is 2.77 bits per heavy atom. The summed E-state index contributed by atoms with van der Waals surface area (Å²) in [6.45, 7) is 0. The quantitative estimate of drug-likeness (QED) is 0.484. The molecule has 0 saturated carbocycles. The van der Waals surface area contributed by atoms with E-state index >= 15 is 0 Å². The van der Waals surface area contributed by atoms with Gasteiger partial charge in [0.25, 0.3) is 5.95 Å². The van der Waals surface area contributed by atoms with Crippen molar-refractivity contribution in [1.29, 1.82) is 0 Å². The van der Waals surface area contributed by atoms with Crippen LogP contribution in [0.15, 0.2) is 63.9 Å². The van der Waals surface area contributed by atoms with Crippen molar-refractivity contribution in [2.75, 3.05) is 11.2 Å². The molecule has 2 aromatic carbocycles. The third-order valence-corrected chi connectivity index (χ3v) is 4.59. The molecule has 0 unspecified atom stereocenters. The highest BCUT2D eigenvalue weighted by atomic mass is 32.2. The monoisotopic (exact) mass is 366 g/mol. The molecule has 0 bridgehead atoms. The van der Waals surface area contributed by atoms with E-state index in [4.69, 9.17) is 0 Å². The Bertz CT molecular complexity index is 1000. The highest BCUT2D eigenvalue weighted by molar-refractivity contribution is 7.99. The summed E-state index contributed by atoms with van der Waals surface area (Å²) in [6, 6.07) is 14.2. The SMILES string of the molecule is Oc1ccc(/C=N/Nc2nnc3n2N=C(c2ccccc2)CS3)c(O)c1. The van der Waals surface area contributed by atoms with Crippen LogP contribution < -0.4 is 5.43 Å². The van der Waals surface area contributed by atoms with Crippen LogP contribution in [0.2, 0.25) is 0 Å². The van der Waals surface area contributed by atoms with Gasteiger partial charge in [-0.25, -0.2) is 5.43 Å². The number of anilines is 1. The summed E-state index contributed by atoms with van der Waals surface area (Å²) in [7, 11) is 0. The lowest BCUT2D eigenvalue weighted by molar-refractivity contribution is 0.450. The first-order valence-corrected chi connectivity index (χ1v) is 8.72. The van der Waals surface area contributed by atoms with Crippen LogP contribution in [0.4, 0.5) is 5.95 Å². The number of aromatic nitrogens is 3. The summed E-state index contributed by atoms with van der Waals surface area (Å²) in [5.74, 6) is 1.00. The lowest BCUT2D eigenvalue weighted by Gasteiger charge is -2.13. The van der Waals surface area contributed by atoms with Crippen LogP contribution in [0.5, 0.6) is 11.5 Å². The van der Waals surface area contributed by atoms with Crippen LogP contribution in [0.25, 0.3) is 0 Å². The highest BCUT2D eigenvalue weighted by Gasteiger charge is 2.19. The standard InChI is InChI=1S/C17H14N6O2S/c24-13-7-6-12(15(25)8-13)9-18-19-16-20-21-17-23(16)22-14(10-26-17)11-4-2-1-3-5-11/h1-9,24-25H,10H2,(H,19,20)/b18-9+. The summed E-state index contributed by atoms with van der Waals surface area (Å²) in [5.41, 5.74) is 5.20. The molecule has 0 amide bonds. The van der Waals surface area contributed by atoms with Crippen molar-refractivity contribution < 1.29 is 10.2 Å². The van der Waals surface area contributed by atoms with Gasteiger partial charge in [0, 0.05) is 17.4 Å². The Morgan fingerprint density at radius 1 is 1.12 bits per heavy atom. The number of rotatable bonds is 4. The number of nitrogens with one attached hydrogen (secondary N) is 1. The summed E-state index contributed by atoms with van der Waals surface area (Å²) >= 11 is 1.55. The molecule has 8 nitrogen and oxygen atoms in total. The van der Waals surface area contributed by atoms with Gasteiger partial charge in [-0.05, 0) is 17.7 Å². The number of nitrogens with zero attached hydrogens (tertiary/aromatic N) is 5. The molecule has 0 aliphatic carbocycles. The molecule has 2 heterocycles. The molecule has 3 N–H and O–H groups in total. The molecule has 9 heteroatoms. The largest absolute Gasteiger partial charge is 0.508 e. The Hall–Kier alpha value is -3.33. The minimum atomic E-state index is -0.0706. The zero-order valence-corrected chi connectivity index (χ0v) is 14.3. The molecule has 1 aliphatic heterocycles. The van der Waals surface area contributed by atoms with E-state index in [2.05, 4.69) is 25.8 Å². The maximum absolute atomic E-state index is 9.76. The van der Waals surface area contributed by atoms with Crippen molar-refractivity contribution in [3.05, 3.63) is 59.7 Å². The second-order valence-corrected chi connectivity index (χ2v) is 6.37. The van der Waals surface area contributed by atoms with Gasteiger partial charge >= 0.3 is 0 Å². The van der Waals surface area contributed by atoms with Gasteiger partial charge in [-0.15, -0.1) is 10.2 Å². The average Bonchev–Trinajstić information content (AvgIpc) is 3.06. The third kappa shape index (κ3) is 3.24. The van der Waals surface area contributed by atoms with E-state index in [1.807, 2.05) is 30.3 Å². The number of benzene rings is 2. The minimum absolute atomic E-state index is 0.0149. The van der Waals surface area contributed by atoms with Gasteiger partial charge in [-0.3, -0.25) is 0 Å². The average molecular weight is 366 g/mol. The highest BCUT2D eigenvalue weighted by Crippen LogP contribution is 2.26. The third-order valence-electron chi connectivity index (χ3n) is 3.66. The molecule has 0 saturated heterocycles. The molecule has 1 aliphatic rings. The van der Waals surface area contributed by atoms with Gasteiger partial charge in [0.2, 0.25) is 5.16 Å². The first-order chi connectivity index (χ1) is 12.7. The van der Waals surface area contributed by atoms with Crippen LogP contribution in [-0.4, -0.2) is 42.8 Å². The second-order valence-electron chi connectivity index (χ2n) is 5.43. The van der Waals surface area contributed by atoms with E-state index in [-0.39, 0.29) is 11.5 Å². The molecule has 130 valence electrons. The maximum Gasteiger partial charge on any atom is 0.266 e. The fourth-order valence-electron chi connectivity index (χ4n) is 2.37. The predicted octanol–water partition coefficient (Wildman–Crippen LogP) is 2.49. The number of hydrogen-bond donors (Lipinski definition) is 3. The molecule has 4 rings (SSSR count). The number of fused-ring (bicyclic) bond motifs is 1. The van der Waals surface area contributed by atoms with Crippen molar-refractivity contribution in [1.82, 2.24) is 14.9 Å². The van der Waals surface area contributed by atoms with Gasteiger partial charge < -0.3 is 10.2 Å². The van der Waals surface area contributed by atoms with E-state index in [0.717, 1.165) is 11.3 Å². The van der Waals surface area contributed by atoms with Gasteiger partial charge in [0.05, 0.1) is 11.9 Å². The Labute approximate surface area is 152 Å². The van der Waals surface area contributed by atoms with Gasteiger partial charge in [0.1, 0.15) is 11.5 Å². The van der Waals surface area contributed by atoms with Crippen molar-refractivity contribution in [2.45, 2.75) is 5.16 Å². The summed E-state index contributed by atoms with van der Waals surface area (Å²) in [4.78, 5) is 0. The van der Waals surface area contributed by atoms with Crippen LogP contribution in [0.3, 0.4) is 0 Å². The second kappa shape index (κ2) is 6.89. The Kier molecular flexibility index (Phi) is 4.28. The topological polar surface area (TPSA) is 108 Å². The first-order valence-electron chi connectivity index (χ1n) is 7.73. The number of hydrazone groups is 1. The molecule has 0 spiro atoms. The number of hydrogen-bond acceptors (Lipinski definition) is 8. The minimum Gasteiger partial charge on any atom is -0.508 e.